The number of aliphatic hydroxyl groups is 1. The molecule has 2 aliphatic heterocycles. The van der Waals surface area contributed by atoms with Crippen molar-refractivity contribution in [2.75, 3.05) is 19.7 Å². The highest BCUT2D eigenvalue weighted by Crippen LogP contribution is 2.40. The Balaban J connectivity index is 1.88. The first kappa shape index (κ1) is 14.9. The summed E-state index contributed by atoms with van der Waals surface area (Å²) >= 11 is 0. The van der Waals surface area contributed by atoms with E-state index in [1.54, 1.807) is 0 Å². The minimum atomic E-state index is -0.511. The van der Waals surface area contributed by atoms with Gasteiger partial charge in [0.1, 0.15) is 11.9 Å². The van der Waals surface area contributed by atoms with E-state index in [0.29, 0.717) is 0 Å². The highest BCUT2D eigenvalue weighted by Gasteiger charge is 2.37. The molecule has 1 saturated heterocycles. The number of likely N-dealkylation sites (tertiary alicyclic amines) is 1. The van der Waals surface area contributed by atoms with Gasteiger partial charge in [-0.1, -0.05) is 24.6 Å². The van der Waals surface area contributed by atoms with E-state index in [4.69, 9.17) is 4.74 Å². The predicted molar refractivity (Wildman–Crippen MR) is 84.7 cm³/mol. The van der Waals surface area contributed by atoms with E-state index in [1.807, 2.05) is 6.07 Å². The third-order valence-electron chi connectivity index (χ3n) is 5.10. The van der Waals surface area contributed by atoms with Crippen LogP contribution in [0.25, 0.3) is 0 Å². The minimum absolute atomic E-state index is 0.254. The lowest BCUT2D eigenvalue weighted by Gasteiger charge is -2.44. The fraction of sp³-hybridized carbons (Fsp3) is 0.667. The van der Waals surface area contributed by atoms with Crippen LogP contribution in [0, 0.1) is 0 Å². The number of hydrogen-bond acceptors (Lipinski definition) is 3. The van der Waals surface area contributed by atoms with Crippen molar-refractivity contribution in [1.82, 2.24) is 4.90 Å². The molecule has 21 heavy (non-hydrogen) atoms. The number of ether oxygens (including phenoxy) is 1. The second-order valence-corrected chi connectivity index (χ2v) is 6.89. The molecule has 1 N–H and O–H groups in total. The van der Waals surface area contributed by atoms with Crippen LogP contribution in [-0.2, 0) is 6.42 Å². The number of rotatable bonds is 3. The molecule has 0 spiro atoms. The van der Waals surface area contributed by atoms with Crippen molar-refractivity contribution in [3.8, 4) is 5.75 Å². The van der Waals surface area contributed by atoms with Crippen LogP contribution in [0.4, 0.5) is 0 Å². The summed E-state index contributed by atoms with van der Waals surface area (Å²) in [6.07, 6.45) is 5.40. The Hall–Kier alpha value is -1.06. The SMILES string of the molecule is CC(C)(C(O)c1cccc2c1OCCC2)N1CCCCC1. The summed E-state index contributed by atoms with van der Waals surface area (Å²) < 4.78 is 5.88. The molecular weight excluding hydrogens is 262 g/mol. The van der Waals surface area contributed by atoms with E-state index >= 15 is 0 Å². The molecule has 1 aromatic rings. The monoisotopic (exact) mass is 289 g/mol. The van der Waals surface area contributed by atoms with Gasteiger partial charge in [0.25, 0.3) is 0 Å². The first-order chi connectivity index (χ1) is 10.1. The molecular formula is C18H27NO2. The number of fused-ring (bicyclic) bond motifs is 1. The van der Waals surface area contributed by atoms with Crippen molar-refractivity contribution >= 4 is 0 Å². The zero-order valence-electron chi connectivity index (χ0n) is 13.3. The third kappa shape index (κ3) is 2.82. The summed E-state index contributed by atoms with van der Waals surface area (Å²) in [5, 5.41) is 11.0. The van der Waals surface area contributed by atoms with Crippen molar-refractivity contribution in [3.05, 3.63) is 29.3 Å². The van der Waals surface area contributed by atoms with Crippen molar-refractivity contribution in [2.24, 2.45) is 0 Å². The van der Waals surface area contributed by atoms with Gasteiger partial charge in [-0.2, -0.15) is 0 Å². The van der Waals surface area contributed by atoms with Crippen LogP contribution in [0.3, 0.4) is 0 Å². The average molecular weight is 289 g/mol. The van der Waals surface area contributed by atoms with Crippen LogP contribution in [0.5, 0.6) is 5.75 Å². The lowest BCUT2D eigenvalue weighted by molar-refractivity contribution is -0.0222. The maximum atomic E-state index is 11.0. The number of hydrogen-bond donors (Lipinski definition) is 1. The van der Waals surface area contributed by atoms with Crippen molar-refractivity contribution in [2.45, 2.75) is 57.6 Å². The average Bonchev–Trinajstić information content (AvgIpc) is 2.54. The van der Waals surface area contributed by atoms with E-state index in [9.17, 15) is 5.11 Å². The topological polar surface area (TPSA) is 32.7 Å². The molecule has 1 aromatic carbocycles. The second kappa shape index (κ2) is 5.98. The number of para-hydroxylation sites is 1. The number of aryl methyl sites for hydroxylation is 1. The maximum Gasteiger partial charge on any atom is 0.128 e. The van der Waals surface area contributed by atoms with Crippen LogP contribution < -0.4 is 4.74 Å². The maximum absolute atomic E-state index is 11.0. The van der Waals surface area contributed by atoms with Gasteiger partial charge in [0, 0.05) is 11.1 Å². The molecule has 1 unspecified atom stereocenters. The molecule has 2 heterocycles. The molecule has 116 valence electrons. The molecule has 3 heteroatoms. The zero-order chi connectivity index (χ0) is 14.9. The van der Waals surface area contributed by atoms with Gasteiger partial charge in [-0.15, -0.1) is 0 Å². The lowest BCUT2D eigenvalue weighted by atomic mass is 9.86. The number of piperidine rings is 1. The fourth-order valence-electron chi connectivity index (χ4n) is 3.65. The summed E-state index contributed by atoms with van der Waals surface area (Å²) in [6, 6.07) is 6.21. The van der Waals surface area contributed by atoms with Gasteiger partial charge in [-0.3, -0.25) is 4.90 Å². The van der Waals surface area contributed by atoms with Gasteiger partial charge in [-0.25, -0.2) is 0 Å². The van der Waals surface area contributed by atoms with Crippen LogP contribution in [-0.4, -0.2) is 35.2 Å². The number of benzene rings is 1. The molecule has 0 aromatic heterocycles. The second-order valence-electron chi connectivity index (χ2n) is 6.89. The highest BCUT2D eigenvalue weighted by molar-refractivity contribution is 5.45. The van der Waals surface area contributed by atoms with E-state index in [-0.39, 0.29) is 5.54 Å². The van der Waals surface area contributed by atoms with Gasteiger partial charge in [-0.05, 0) is 58.2 Å². The van der Waals surface area contributed by atoms with Gasteiger partial charge in [0.2, 0.25) is 0 Å². The quantitative estimate of drug-likeness (QED) is 0.926. The summed E-state index contributed by atoms with van der Waals surface area (Å²) in [7, 11) is 0. The van der Waals surface area contributed by atoms with Crippen LogP contribution >= 0.6 is 0 Å². The Bertz CT molecular complexity index is 492. The summed E-state index contributed by atoms with van der Waals surface area (Å²) in [6.45, 7) is 7.25. The molecule has 2 aliphatic rings. The summed E-state index contributed by atoms with van der Waals surface area (Å²) in [5.41, 5.74) is 1.95. The van der Waals surface area contributed by atoms with E-state index in [2.05, 4.69) is 30.9 Å². The molecule has 0 amide bonds. The molecule has 0 radical (unpaired) electrons. The third-order valence-corrected chi connectivity index (χ3v) is 5.10. The normalized spacial score (nSPS) is 21.5. The van der Waals surface area contributed by atoms with E-state index in [0.717, 1.165) is 43.9 Å². The molecule has 1 fully saturated rings. The highest BCUT2D eigenvalue weighted by atomic mass is 16.5. The first-order valence-corrected chi connectivity index (χ1v) is 8.28. The van der Waals surface area contributed by atoms with Crippen LogP contribution in [0.15, 0.2) is 18.2 Å². The standard InChI is InChI=1S/C18H27NO2/c1-18(2,19-11-4-3-5-12-19)17(20)15-10-6-8-14-9-7-13-21-16(14)15/h6,8,10,17,20H,3-5,7,9,11-13H2,1-2H3. The Kier molecular flexibility index (Phi) is 4.23. The van der Waals surface area contributed by atoms with Gasteiger partial charge < -0.3 is 9.84 Å². The Morgan fingerprint density at radius 3 is 2.67 bits per heavy atom. The Morgan fingerprint density at radius 1 is 1.14 bits per heavy atom. The molecule has 1 atom stereocenters. The summed E-state index contributed by atoms with van der Waals surface area (Å²) in [5.74, 6) is 0.932. The number of aliphatic hydroxyl groups excluding tert-OH is 1. The molecule has 0 saturated carbocycles. The van der Waals surface area contributed by atoms with Gasteiger partial charge >= 0.3 is 0 Å². The van der Waals surface area contributed by atoms with Gasteiger partial charge in [0.15, 0.2) is 0 Å². The van der Waals surface area contributed by atoms with E-state index in [1.165, 1.54) is 24.8 Å². The molecule has 0 bridgehead atoms. The van der Waals surface area contributed by atoms with Crippen molar-refractivity contribution < 1.29 is 9.84 Å². The first-order valence-electron chi connectivity index (χ1n) is 8.28. The van der Waals surface area contributed by atoms with E-state index < -0.39 is 6.10 Å². The smallest absolute Gasteiger partial charge is 0.128 e. The van der Waals surface area contributed by atoms with Gasteiger partial charge in [0.05, 0.1) is 6.61 Å². The van der Waals surface area contributed by atoms with Crippen LogP contribution in [0.2, 0.25) is 0 Å². The molecule has 0 aliphatic carbocycles. The van der Waals surface area contributed by atoms with Crippen molar-refractivity contribution in [1.29, 1.82) is 0 Å². The Morgan fingerprint density at radius 2 is 1.90 bits per heavy atom. The minimum Gasteiger partial charge on any atom is -0.493 e. The summed E-state index contributed by atoms with van der Waals surface area (Å²) in [4.78, 5) is 2.43. The molecule has 3 nitrogen and oxygen atoms in total. The number of nitrogens with zero attached hydrogens (tertiary/aromatic N) is 1. The fourth-order valence-corrected chi connectivity index (χ4v) is 3.65. The Labute approximate surface area is 127 Å². The zero-order valence-corrected chi connectivity index (χ0v) is 13.3. The van der Waals surface area contributed by atoms with Crippen LogP contribution in [0.1, 0.15) is 56.8 Å². The molecule has 3 rings (SSSR count). The predicted octanol–water partition coefficient (Wildman–Crippen LogP) is 3.31. The lowest BCUT2D eigenvalue weighted by Crippen LogP contribution is -2.50. The largest absolute Gasteiger partial charge is 0.493 e. The van der Waals surface area contributed by atoms with Crippen molar-refractivity contribution in [3.63, 3.8) is 0 Å².